The van der Waals surface area contributed by atoms with Crippen molar-refractivity contribution in [1.82, 2.24) is 0 Å². The molecule has 0 amide bonds. The zero-order valence-corrected chi connectivity index (χ0v) is 12.8. The zero-order valence-electron chi connectivity index (χ0n) is 12.8. The molecule has 0 rings (SSSR count). The third-order valence-electron chi connectivity index (χ3n) is 4.95. The molecule has 0 aromatic carbocycles. The zero-order chi connectivity index (χ0) is 13.3. The van der Waals surface area contributed by atoms with E-state index in [1.54, 1.807) is 0 Å². The monoisotopic (exact) mass is 242 g/mol. The molecule has 2 atom stereocenters. The highest BCUT2D eigenvalue weighted by molar-refractivity contribution is 4.76. The van der Waals surface area contributed by atoms with Crippen LogP contribution in [0.4, 0.5) is 0 Å². The normalized spacial score (nSPS) is 15.9. The van der Waals surface area contributed by atoms with E-state index < -0.39 is 0 Å². The first-order chi connectivity index (χ1) is 8.03. The number of hydrogen-bond acceptors (Lipinski definition) is 1. The molecule has 0 fully saturated rings. The molecule has 0 spiro atoms. The van der Waals surface area contributed by atoms with Crippen LogP contribution in [-0.2, 0) is 0 Å². The van der Waals surface area contributed by atoms with Crippen LogP contribution in [0.5, 0.6) is 0 Å². The van der Waals surface area contributed by atoms with Crippen LogP contribution >= 0.6 is 0 Å². The highest BCUT2D eigenvalue weighted by atomic mass is 16.3. The van der Waals surface area contributed by atoms with Crippen LogP contribution in [0.25, 0.3) is 0 Å². The van der Waals surface area contributed by atoms with Gasteiger partial charge in [0, 0.05) is 0 Å². The van der Waals surface area contributed by atoms with E-state index in [1.807, 2.05) is 0 Å². The van der Waals surface area contributed by atoms with Crippen LogP contribution < -0.4 is 0 Å². The Hall–Kier alpha value is -0.0400. The molecular formula is C16H34O. The van der Waals surface area contributed by atoms with Crippen molar-refractivity contribution in [3.05, 3.63) is 0 Å². The lowest BCUT2D eigenvalue weighted by atomic mass is 9.75. The second kappa shape index (κ2) is 8.97. The third-order valence-corrected chi connectivity index (χ3v) is 4.95. The lowest BCUT2D eigenvalue weighted by molar-refractivity contribution is 0.112. The summed E-state index contributed by atoms with van der Waals surface area (Å²) in [4.78, 5) is 0. The summed E-state index contributed by atoms with van der Waals surface area (Å²) in [6, 6.07) is 0. The van der Waals surface area contributed by atoms with E-state index in [0.717, 1.165) is 18.8 Å². The Bertz CT molecular complexity index is 164. The Labute approximate surface area is 109 Å². The largest absolute Gasteiger partial charge is 0.393 e. The van der Waals surface area contributed by atoms with Crippen LogP contribution in [-0.4, -0.2) is 11.2 Å². The lowest BCUT2D eigenvalue weighted by Gasteiger charge is -2.31. The molecule has 0 bridgehead atoms. The second-order valence-electron chi connectivity index (χ2n) is 5.84. The van der Waals surface area contributed by atoms with E-state index in [-0.39, 0.29) is 6.10 Å². The summed E-state index contributed by atoms with van der Waals surface area (Å²) < 4.78 is 0. The van der Waals surface area contributed by atoms with Crippen molar-refractivity contribution in [1.29, 1.82) is 0 Å². The Morgan fingerprint density at radius 3 is 1.82 bits per heavy atom. The summed E-state index contributed by atoms with van der Waals surface area (Å²) in [5.74, 6) is 0.762. The summed E-state index contributed by atoms with van der Waals surface area (Å²) in [7, 11) is 0. The SMILES string of the molecule is CCC(C)CCC(O)CCC(CC)(CC)CC. The van der Waals surface area contributed by atoms with Crippen molar-refractivity contribution < 1.29 is 5.11 Å². The van der Waals surface area contributed by atoms with Gasteiger partial charge in [-0.2, -0.15) is 0 Å². The van der Waals surface area contributed by atoms with Crippen molar-refractivity contribution >= 4 is 0 Å². The van der Waals surface area contributed by atoms with Gasteiger partial charge in [0.05, 0.1) is 6.10 Å². The van der Waals surface area contributed by atoms with Gasteiger partial charge in [0.2, 0.25) is 0 Å². The molecule has 0 heterocycles. The molecule has 0 saturated carbocycles. The predicted octanol–water partition coefficient (Wildman–Crippen LogP) is 5.17. The minimum atomic E-state index is -0.0759. The topological polar surface area (TPSA) is 20.2 Å². The van der Waals surface area contributed by atoms with Gasteiger partial charge in [-0.05, 0) is 37.0 Å². The first-order valence-corrected chi connectivity index (χ1v) is 7.71. The average molecular weight is 242 g/mol. The van der Waals surface area contributed by atoms with Gasteiger partial charge in [-0.25, -0.2) is 0 Å². The molecule has 104 valence electrons. The fourth-order valence-corrected chi connectivity index (χ4v) is 2.58. The molecule has 2 unspecified atom stereocenters. The Morgan fingerprint density at radius 1 is 0.882 bits per heavy atom. The van der Waals surface area contributed by atoms with Crippen molar-refractivity contribution in [2.45, 2.75) is 92.1 Å². The lowest BCUT2D eigenvalue weighted by Crippen LogP contribution is -2.21. The van der Waals surface area contributed by atoms with Crippen molar-refractivity contribution in [3.63, 3.8) is 0 Å². The smallest absolute Gasteiger partial charge is 0.0540 e. The van der Waals surface area contributed by atoms with E-state index in [1.165, 1.54) is 38.5 Å². The van der Waals surface area contributed by atoms with Gasteiger partial charge in [0.15, 0.2) is 0 Å². The fourth-order valence-electron chi connectivity index (χ4n) is 2.58. The molecule has 0 radical (unpaired) electrons. The van der Waals surface area contributed by atoms with Gasteiger partial charge in [0.1, 0.15) is 0 Å². The Balaban J connectivity index is 3.92. The second-order valence-corrected chi connectivity index (χ2v) is 5.84. The first kappa shape index (κ1) is 17.0. The van der Waals surface area contributed by atoms with Crippen LogP contribution in [0, 0.1) is 11.3 Å². The molecule has 0 saturated heterocycles. The summed E-state index contributed by atoms with van der Waals surface area (Å²) in [5, 5.41) is 10.0. The maximum atomic E-state index is 10.0. The molecule has 17 heavy (non-hydrogen) atoms. The van der Waals surface area contributed by atoms with Crippen molar-refractivity contribution in [2.24, 2.45) is 11.3 Å². The summed E-state index contributed by atoms with van der Waals surface area (Å²) >= 11 is 0. The van der Waals surface area contributed by atoms with E-state index in [9.17, 15) is 5.11 Å². The molecule has 1 nitrogen and oxygen atoms in total. The van der Waals surface area contributed by atoms with Gasteiger partial charge in [0.25, 0.3) is 0 Å². The van der Waals surface area contributed by atoms with E-state index >= 15 is 0 Å². The molecule has 0 aromatic heterocycles. The Kier molecular flexibility index (Phi) is 8.94. The van der Waals surface area contributed by atoms with Gasteiger partial charge < -0.3 is 5.11 Å². The maximum Gasteiger partial charge on any atom is 0.0540 e. The molecule has 1 heteroatoms. The average Bonchev–Trinajstić information content (AvgIpc) is 2.38. The highest BCUT2D eigenvalue weighted by Crippen LogP contribution is 2.36. The van der Waals surface area contributed by atoms with Gasteiger partial charge in [-0.3, -0.25) is 0 Å². The highest BCUT2D eigenvalue weighted by Gasteiger charge is 2.24. The van der Waals surface area contributed by atoms with Gasteiger partial charge in [-0.1, -0.05) is 60.3 Å². The minimum Gasteiger partial charge on any atom is -0.393 e. The molecule has 0 aliphatic carbocycles. The predicted molar refractivity (Wildman–Crippen MR) is 77.2 cm³/mol. The summed E-state index contributed by atoms with van der Waals surface area (Å²) in [6.07, 6.45) is 9.25. The quantitative estimate of drug-likeness (QED) is 0.560. The van der Waals surface area contributed by atoms with E-state index in [0.29, 0.717) is 5.41 Å². The fraction of sp³-hybridized carbons (Fsp3) is 1.00. The number of aliphatic hydroxyl groups excluding tert-OH is 1. The van der Waals surface area contributed by atoms with Crippen molar-refractivity contribution in [2.75, 3.05) is 0 Å². The van der Waals surface area contributed by atoms with Gasteiger partial charge >= 0.3 is 0 Å². The van der Waals surface area contributed by atoms with Gasteiger partial charge in [-0.15, -0.1) is 0 Å². The van der Waals surface area contributed by atoms with Crippen LogP contribution in [0.15, 0.2) is 0 Å². The molecule has 1 N–H and O–H groups in total. The molecule has 0 aliphatic heterocycles. The van der Waals surface area contributed by atoms with Crippen LogP contribution in [0.1, 0.15) is 86.0 Å². The molecule has 0 aromatic rings. The third kappa shape index (κ3) is 6.45. The summed E-state index contributed by atoms with van der Waals surface area (Å²) in [6.45, 7) is 11.4. The number of aliphatic hydroxyl groups is 1. The number of hydrogen-bond donors (Lipinski definition) is 1. The molecular weight excluding hydrogens is 208 g/mol. The Morgan fingerprint density at radius 2 is 1.41 bits per heavy atom. The van der Waals surface area contributed by atoms with E-state index in [2.05, 4.69) is 34.6 Å². The summed E-state index contributed by atoms with van der Waals surface area (Å²) in [5.41, 5.74) is 0.483. The van der Waals surface area contributed by atoms with Crippen LogP contribution in [0.2, 0.25) is 0 Å². The van der Waals surface area contributed by atoms with Crippen LogP contribution in [0.3, 0.4) is 0 Å². The minimum absolute atomic E-state index is 0.0759. The number of rotatable bonds is 10. The first-order valence-electron chi connectivity index (χ1n) is 7.71. The maximum absolute atomic E-state index is 10.0. The standard InChI is InChI=1S/C16H34O/c1-6-14(5)10-11-15(17)12-13-16(7-2,8-3)9-4/h14-15,17H,6-13H2,1-5H3. The van der Waals surface area contributed by atoms with Crippen molar-refractivity contribution in [3.8, 4) is 0 Å². The van der Waals surface area contributed by atoms with E-state index in [4.69, 9.17) is 0 Å². The molecule has 0 aliphatic rings.